The van der Waals surface area contributed by atoms with Gasteiger partial charge in [-0.25, -0.2) is 0 Å². The van der Waals surface area contributed by atoms with Gasteiger partial charge in [-0.2, -0.15) is 0 Å². The molecule has 1 fully saturated rings. The second-order valence-corrected chi connectivity index (χ2v) is 6.27. The summed E-state index contributed by atoms with van der Waals surface area (Å²) in [5.74, 6) is 1.46. The molecule has 2 atom stereocenters. The van der Waals surface area contributed by atoms with E-state index in [-0.39, 0.29) is 12.0 Å². The summed E-state index contributed by atoms with van der Waals surface area (Å²) in [5.41, 5.74) is 1.02. The zero-order valence-corrected chi connectivity index (χ0v) is 13.9. The third kappa shape index (κ3) is 3.98. The molecule has 0 saturated carbocycles. The van der Waals surface area contributed by atoms with Crippen LogP contribution in [0.3, 0.4) is 0 Å². The molecule has 0 N–H and O–H groups in total. The number of likely N-dealkylation sites (tertiary alicyclic amines) is 1. The van der Waals surface area contributed by atoms with Crippen molar-refractivity contribution in [1.29, 1.82) is 0 Å². The molecule has 0 spiro atoms. The quantitative estimate of drug-likeness (QED) is 0.818. The van der Waals surface area contributed by atoms with Gasteiger partial charge in [0.1, 0.15) is 0 Å². The summed E-state index contributed by atoms with van der Waals surface area (Å²) in [5, 5.41) is 8.47. The molecule has 124 valence electrons. The van der Waals surface area contributed by atoms with E-state index in [1.165, 1.54) is 32.4 Å². The molecule has 3 rings (SSSR count). The predicted octanol–water partition coefficient (Wildman–Crippen LogP) is 3.39. The lowest BCUT2D eigenvalue weighted by Crippen LogP contribution is -2.32. The Kier molecular flexibility index (Phi) is 5.41. The van der Waals surface area contributed by atoms with E-state index in [4.69, 9.17) is 9.15 Å². The van der Waals surface area contributed by atoms with Gasteiger partial charge in [0.05, 0.1) is 0 Å². The van der Waals surface area contributed by atoms with Crippen molar-refractivity contribution in [2.75, 3.05) is 26.7 Å². The molecule has 23 heavy (non-hydrogen) atoms. The number of piperidine rings is 1. The SMILES string of the molecule is COC(c1ccccc1)c1nnc(C(C)CN2CCCCC2)o1. The van der Waals surface area contributed by atoms with Crippen molar-refractivity contribution in [2.45, 2.75) is 38.2 Å². The van der Waals surface area contributed by atoms with Crippen LogP contribution in [0, 0.1) is 0 Å². The lowest BCUT2D eigenvalue weighted by molar-refractivity contribution is 0.109. The highest BCUT2D eigenvalue weighted by atomic mass is 16.5. The summed E-state index contributed by atoms with van der Waals surface area (Å²) in [6, 6.07) is 9.97. The summed E-state index contributed by atoms with van der Waals surface area (Å²) < 4.78 is 11.5. The number of hydrogen-bond donors (Lipinski definition) is 0. The molecule has 2 aromatic rings. The van der Waals surface area contributed by atoms with Crippen molar-refractivity contribution < 1.29 is 9.15 Å². The number of methoxy groups -OCH3 is 1. The van der Waals surface area contributed by atoms with E-state index >= 15 is 0 Å². The minimum Gasteiger partial charge on any atom is -0.422 e. The standard InChI is InChI=1S/C18H25N3O2/c1-14(13-21-11-7-4-8-12-21)17-19-20-18(23-17)16(22-2)15-9-5-3-6-10-15/h3,5-6,9-10,14,16H,4,7-8,11-13H2,1-2H3. The van der Waals surface area contributed by atoms with Gasteiger partial charge in [-0.15, -0.1) is 10.2 Å². The van der Waals surface area contributed by atoms with Gasteiger partial charge < -0.3 is 14.1 Å². The molecule has 1 aliphatic rings. The van der Waals surface area contributed by atoms with Crippen molar-refractivity contribution in [3.8, 4) is 0 Å². The van der Waals surface area contributed by atoms with Crippen LogP contribution in [0.2, 0.25) is 0 Å². The zero-order valence-electron chi connectivity index (χ0n) is 13.9. The maximum absolute atomic E-state index is 5.92. The second-order valence-electron chi connectivity index (χ2n) is 6.27. The Bertz CT molecular complexity index is 593. The highest BCUT2D eigenvalue weighted by molar-refractivity contribution is 5.21. The van der Waals surface area contributed by atoms with Crippen molar-refractivity contribution >= 4 is 0 Å². The Labute approximate surface area is 137 Å². The maximum atomic E-state index is 5.92. The molecule has 0 aliphatic carbocycles. The first-order chi connectivity index (χ1) is 11.3. The molecule has 1 saturated heterocycles. The van der Waals surface area contributed by atoms with E-state index in [9.17, 15) is 0 Å². The molecule has 0 bridgehead atoms. The number of rotatable bonds is 6. The smallest absolute Gasteiger partial charge is 0.249 e. The average Bonchev–Trinajstić information content (AvgIpc) is 3.07. The monoisotopic (exact) mass is 315 g/mol. The number of ether oxygens (including phenoxy) is 1. The van der Waals surface area contributed by atoms with Crippen molar-refractivity contribution in [3.05, 3.63) is 47.7 Å². The third-order valence-electron chi connectivity index (χ3n) is 4.42. The Morgan fingerprint density at radius 2 is 1.78 bits per heavy atom. The number of hydrogen-bond acceptors (Lipinski definition) is 5. The van der Waals surface area contributed by atoms with Gasteiger partial charge in [0.2, 0.25) is 11.8 Å². The van der Waals surface area contributed by atoms with Crippen LogP contribution in [-0.4, -0.2) is 41.8 Å². The molecule has 2 unspecified atom stereocenters. The van der Waals surface area contributed by atoms with E-state index in [2.05, 4.69) is 22.0 Å². The van der Waals surface area contributed by atoms with Gasteiger partial charge in [0.25, 0.3) is 0 Å². The minimum atomic E-state index is -0.306. The fourth-order valence-electron chi connectivity index (χ4n) is 3.17. The molecular formula is C18H25N3O2. The lowest BCUT2D eigenvalue weighted by Gasteiger charge is -2.27. The summed E-state index contributed by atoms with van der Waals surface area (Å²) in [6.45, 7) is 5.48. The molecule has 1 aliphatic heterocycles. The third-order valence-corrected chi connectivity index (χ3v) is 4.42. The highest BCUT2D eigenvalue weighted by Gasteiger charge is 2.23. The summed E-state index contributed by atoms with van der Waals surface area (Å²) in [6.07, 6.45) is 3.63. The number of nitrogens with zero attached hydrogens (tertiary/aromatic N) is 3. The fraction of sp³-hybridized carbons (Fsp3) is 0.556. The first-order valence-corrected chi connectivity index (χ1v) is 8.41. The van der Waals surface area contributed by atoms with Crippen molar-refractivity contribution in [1.82, 2.24) is 15.1 Å². The summed E-state index contributed by atoms with van der Waals surface area (Å²) >= 11 is 0. The van der Waals surface area contributed by atoms with Crippen LogP contribution < -0.4 is 0 Å². The van der Waals surface area contributed by atoms with Crippen LogP contribution in [0.1, 0.15) is 55.6 Å². The minimum absolute atomic E-state index is 0.239. The first kappa shape index (κ1) is 16.1. The van der Waals surface area contributed by atoms with Gasteiger partial charge in [-0.3, -0.25) is 0 Å². The molecule has 2 heterocycles. The molecule has 1 aromatic heterocycles. The Balaban J connectivity index is 1.68. The summed E-state index contributed by atoms with van der Waals surface area (Å²) in [4.78, 5) is 2.49. The van der Waals surface area contributed by atoms with Gasteiger partial charge in [-0.1, -0.05) is 43.7 Å². The molecule has 5 heteroatoms. The van der Waals surface area contributed by atoms with Gasteiger partial charge in [-0.05, 0) is 31.5 Å². The molecule has 1 aromatic carbocycles. The van der Waals surface area contributed by atoms with Crippen molar-refractivity contribution in [2.24, 2.45) is 0 Å². The lowest BCUT2D eigenvalue weighted by atomic mass is 10.1. The Morgan fingerprint density at radius 3 is 2.48 bits per heavy atom. The second kappa shape index (κ2) is 7.70. The van der Waals surface area contributed by atoms with E-state index in [0.29, 0.717) is 11.8 Å². The molecule has 0 radical (unpaired) electrons. The van der Waals surface area contributed by atoms with Crippen molar-refractivity contribution in [3.63, 3.8) is 0 Å². The molecule has 5 nitrogen and oxygen atoms in total. The van der Waals surface area contributed by atoms with E-state index in [1.54, 1.807) is 7.11 Å². The van der Waals surface area contributed by atoms with Crippen LogP contribution in [-0.2, 0) is 4.74 Å². The first-order valence-electron chi connectivity index (χ1n) is 8.41. The number of benzene rings is 1. The number of aromatic nitrogens is 2. The Morgan fingerprint density at radius 1 is 1.09 bits per heavy atom. The van der Waals surface area contributed by atoms with Crippen LogP contribution in [0.5, 0.6) is 0 Å². The normalized spacial score (nSPS) is 18.7. The fourth-order valence-corrected chi connectivity index (χ4v) is 3.17. The molecular weight excluding hydrogens is 290 g/mol. The van der Waals surface area contributed by atoms with Crippen LogP contribution in [0.15, 0.2) is 34.7 Å². The topological polar surface area (TPSA) is 51.4 Å². The largest absolute Gasteiger partial charge is 0.422 e. The van der Waals surface area contributed by atoms with Crippen LogP contribution >= 0.6 is 0 Å². The van der Waals surface area contributed by atoms with Gasteiger partial charge in [0.15, 0.2) is 6.10 Å². The highest BCUT2D eigenvalue weighted by Crippen LogP contribution is 2.26. The van der Waals surface area contributed by atoms with Gasteiger partial charge >= 0.3 is 0 Å². The maximum Gasteiger partial charge on any atom is 0.249 e. The van der Waals surface area contributed by atoms with Crippen LogP contribution in [0.25, 0.3) is 0 Å². The van der Waals surface area contributed by atoms with E-state index in [1.807, 2.05) is 30.3 Å². The van der Waals surface area contributed by atoms with Crippen LogP contribution in [0.4, 0.5) is 0 Å². The average molecular weight is 315 g/mol. The van der Waals surface area contributed by atoms with E-state index < -0.39 is 0 Å². The predicted molar refractivity (Wildman–Crippen MR) is 88.3 cm³/mol. The Hall–Kier alpha value is -1.72. The van der Waals surface area contributed by atoms with E-state index in [0.717, 1.165) is 12.1 Å². The zero-order chi connectivity index (χ0) is 16.1. The van der Waals surface area contributed by atoms with Gasteiger partial charge in [0, 0.05) is 19.6 Å². The molecule has 0 amide bonds. The summed E-state index contributed by atoms with van der Waals surface area (Å²) in [7, 11) is 1.67.